The molecule has 4 saturated heterocycles. The second-order valence-electron chi connectivity index (χ2n) is 33.4. The monoisotopic (exact) mass is 1560 g/mol. The third-order valence-corrected chi connectivity index (χ3v) is 25.3. The molecule has 8 aliphatic rings. The van der Waals surface area contributed by atoms with E-state index in [4.69, 9.17) is 0 Å². The van der Waals surface area contributed by atoms with Crippen molar-refractivity contribution in [3.8, 4) is 0 Å². The van der Waals surface area contributed by atoms with Crippen LogP contribution in [0.15, 0.2) is 0 Å². The Bertz CT molecular complexity index is 3200. The zero-order valence-corrected chi connectivity index (χ0v) is 65.5. The summed E-state index contributed by atoms with van der Waals surface area (Å²) in [5.74, 6) is -16.1. The summed E-state index contributed by atoms with van der Waals surface area (Å²) in [4.78, 5) is 194. The fourth-order valence-electron chi connectivity index (χ4n) is 18.4. The Hall–Kier alpha value is -6.92. The predicted molar refractivity (Wildman–Crippen MR) is 387 cm³/mol. The quantitative estimate of drug-likeness (QED) is 0.167. The highest BCUT2D eigenvalue weighted by molar-refractivity contribution is 6.01. The number of alkyl halides is 8. The van der Waals surface area contributed by atoms with Crippen LogP contribution >= 0.6 is 0 Å². The van der Waals surface area contributed by atoms with Crippen molar-refractivity contribution < 1.29 is 92.7 Å². The van der Waals surface area contributed by atoms with Crippen molar-refractivity contribution in [1.29, 1.82) is 0 Å². The van der Waals surface area contributed by atoms with Crippen LogP contribution in [0.1, 0.15) is 214 Å². The van der Waals surface area contributed by atoms with Gasteiger partial charge in [0.2, 0.25) is 70.9 Å². The van der Waals surface area contributed by atoms with E-state index in [2.05, 4.69) is 16.0 Å². The lowest BCUT2D eigenvalue weighted by atomic mass is 9.76. The Morgan fingerprint density at radius 1 is 0.532 bits per heavy atom. The minimum Gasteiger partial charge on any atom is -0.343 e. The first kappa shape index (κ1) is 87.7. The fourth-order valence-corrected chi connectivity index (χ4v) is 18.4. The normalized spacial score (nSPS) is 32.0. The van der Waals surface area contributed by atoms with E-state index in [9.17, 15) is 40.7 Å². The number of piperidine rings is 1. The van der Waals surface area contributed by atoms with Crippen LogP contribution < -0.4 is 16.0 Å². The van der Waals surface area contributed by atoms with Crippen molar-refractivity contribution >= 4 is 70.9 Å². The lowest BCUT2D eigenvalue weighted by Crippen LogP contribution is -2.65. The maximum atomic E-state index is 15.8. The van der Waals surface area contributed by atoms with Crippen LogP contribution in [0.5, 0.6) is 0 Å². The average molecular weight is 1560 g/mol. The minimum absolute atomic E-state index is 0.0206. The Balaban J connectivity index is 1.19. The molecule has 8 rings (SSSR count). The van der Waals surface area contributed by atoms with E-state index < -0.39 is 224 Å². The summed E-state index contributed by atoms with van der Waals surface area (Å²) in [6, 6.07) is -10.9. The molecule has 4 saturated carbocycles. The van der Waals surface area contributed by atoms with Crippen molar-refractivity contribution in [3.05, 3.63) is 0 Å². The molecular weight excluding hydrogens is 1440 g/mol. The van der Waals surface area contributed by atoms with Gasteiger partial charge in [-0.3, -0.25) is 57.5 Å². The highest BCUT2D eigenvalue weighted by Crippen LogP contribution is 2.46. The topological polar surface area (TPSA) is 270 Å². The largest absolute Gasteiger partial charge is 0.397 e. The molecule has 1 spiro atoms. The standard InChI is InChI=1S/C77H120F8N12O12/c1-11-47(4)64-72(107)90(6)45-62(100)91(7)56-25-14-12-21-37-97(71(56)106)59(42-48-27-30-51(31-28-48)76(80,81)82)69(104)89(5)44-60(98)86-54(32-29-49-40-52(78)63(53(79)41-49)77(83,84)85)68(103)96-38-22-26-55(96)67(102)88-75(33-17-18-34-75)74(109)94(10)65(50-23-15-16-24-50)73(108)93(9)58(70(105)95-35-19-13-20-36-95)43-61(99)92(8)57(39-46(2)3)66(101)87-64/h46-59,63-65H,11-45H2,1-10H3,(H,86,98)(H,87,101)(H,88,102)/t47-,48?,49?,51?,52?,53?,54-,55-,56-,57-,58-,59-,63?,64-,65-/m0/s1. The molecule has 0 aromatic carbocycles. The number of fused-ring (bicyclic) bond motifs is 3. The zero-order valence-electron chi connectivity index (χ0n) is 65.5. The van der Waals surface area contributed by atoms with Crippen LogP contribution in [0.3, 0.4) is 0 Å². The first-order valence-corrected chi connectivity index (χ1v) is 40.1. The number of hydrogen-bond acceptors (Lipinski definition) is 12. The molecule has 3 N–H and O–H groups in total. The number of likely N-dealkylation sites (tertiary alicyclic amines) is 1. The number of carbonyl (C=O) groups excluding carboxylic acids is 12. The third-order valence-electron chi connectivity index (χ3n) is 25.3. The molecule has 32 heteroatoms. The van der Waals surface area contributed by atoms with Gasteiger partial charge in [0, 0.05) is 68.5 Å². The molecule has 4 aliphatic heterocycles. The van der Waals surface area contributed by atoms with E-state index in [0.29, 0.717) is 90.1 Å². The van der Waals surface area contributed by atoms with Gasteiger partial charge in [-0.15, -0.1) is 0 Å². The summed E-state index contributed by atoms with van der Waals surface area (Å²) >= 11 is 0. The van der Waals surface area contributed by atoms with E-state index in [1.807, 2.05) is 13.8 Å². The van der Waals surface area contributed by atoms with Crippen LogP contribution in [0.25, 0.3) is 0 Å². The number of likely N-dealkylation sites (N-methyl/N-ethyl adjacent to an activating group) is 6. The summed E-state index contributed by atoms with van der Waals surface area (Å²) in [5, 5.41) is 8.56. The summed E-state index contributed by atoms with van der Waals surface area (Å²) < 4.78 is 115. The van der Waals surface area contributed by atoms with Gasteiger partial charge in [-0.2, -0.15) is 26.3 Å². The second kappa shape index (κ2) is 38.1. The van der Waals surface area contributed by atoms with Gasteiger partial charge in [0.05, 0.1) is 25.4 Å². The summed E-state index contributed by atoms with van der Waals surface area (Å²) in [5.41, 5.74) is -1.66. The highest BCUT2D eigenvalue weighted by atomic mass is 19.4. The Morgan fingerprint density at radius 3 is 1.71 bits per heavy atom. The summed E-state index contributed by atoms with van der Waals surface area (Å²) in [7, 11) is 8.26. The smallest absolute Gasteiger partial charge is 0.343 e. The van der Waals surface area contributed by atoms with Crippen LogP contribution in [-0.2, 0) is 57.5 Å². The molecular formula is C77H120F8N12O12. The van der Waals surface area contributed by atoms with E-state index in [1.54, 1.807) is 18.7 Å². The van der Waals surface area contributed by atoms with Gasteiger partial charge in [0.15, 0.2) is 0 Å². The number of carbonyl (C=O) groups is 12. The third kappa shape index (κ3) is 21.5. The van der Waals surface area contributed by atoms with Crippen LogP contribution in [-0.4, -0.2) is 275 Å². The number of nitrogens with one attached hydrogen (secondary N) is 3. The summed E-state index contributed by atoms with van der Waals surface area (Å²) in [6.07, 6.45) is -10.7. The van der Waals surface area contributed by atoms with Gasteiger partial charge in [0.25, 0.3) is 0 Å². The van der Waals surface area contributed by atoms with Crippen LogP contribution in [0, 0.1) is 41.4 Å². The van der Waals surface area contributed by atoms with Gasteiger partial charge in [-0.05, 0) is 164 Å². The maximum Gasteiger partial charge on any atom is 0.397 e. The molecule has 0 aromatic rings. The Labute approximate surface area is 636 Å². The highest BCUT2D eigenvalue weighted by Gasteiger charge is 2.56. The molecule has 8 fully saturated rings. The molecule has 24 nitrogen and oxygen atoms in total. The number of nitrogens with zero attached hydrogens (tertiary/aromatic N) is 9. The first-order valence-electron chi connectivity index (χ1n) is 40.1. The zero-order chi connectivity index (χ0) is 80.3. The van der Waals surface area contributed by atoms with E-state index in [-0.39, 0.29) is 96.1 Å². The Morgan fingerprint density at radius 2 is 1.11 bits per heavy atom. The first-order chi connectivity index (χ1) is 51.3. The molecule has 2 unspecified atom stereocenters. The van der Waals surface area contributed by atoms with E-state index >= 15 is 51.9 Å². The van der Waals surface area contributed by atoms with E-state index in [0.717, 1.165) is 16.2 Å². The Kier molecular flexibility index (Phi) is 30.6. The average Bonchev–Trinajstić information content (AvgIpc) is 1.72. The van der Waals surface area contributed by atoms with Gasteiger partial charge >= 0.3 is 12.4 Å². The SMILES string of the molecule is CC[C@H](C)[C@@H]1NC(=O)[C@H](CC(C)C)N(C)C(=O)C[C@@H](C(=O)N2CCCCC2)N(C)C(=O)[C@H](C2CCCC2)N(C)C(=O)C2(CCCC2)NC(=O)[C@@H]2CCCN2C(=O)[C@H](CCC2CC(F)C(C(F)(F)F)C(F)C2)NC(=O)CN(C)C(=O)[C@H](CC2CCC(C(F)(F)F)CC2)N2CCCCC[C@@H](C2=O)N(C)C(=O)CN(C)C1=O. The van der Waals surface area contributed by atoms with Crippen LogP contribution in [0.2, 0.25) is 0 Å². The molecule has 4 heterocycles. The molecule has 0 aromatic heterocycles. The summed E-state index contributed by atoms with van der Waals surface area (Å²) in [6.45, 7) is 6.28. The molecule has 11 atom stereocenters. The van der Waals surface area contributed by atoms with Gasteiger partial charge < -0.3 is 60.0 Å². The van der Waals surface area contributed by atoms with Gasteiger partial charge in [0.1, 0.15) is 72.1 Å². The molecule has 4 aliphatic carbocycles. The fraction of sp³-hybridized carbons (Fsp3) is 0.844. The molecule has 2 bridgehead atoms. The van der Waals surface area contributed by atoms with Crippen molar-refractivity contribution in [2.75, 3.05) is 81.6 Å². The predicted octanol–water partition coefficient (Wildman–Crippen LogP) is 7.87. The molecule has 0 radical (unpaired) electrons. The van der Waals surface area contributed by atoms with Crippen molar-refractivity contribution in [1.82, 2.24) is 60.0 Å². The number of amides is 12. The van der Waals surface area contributed by atoms with E-state index in [1.165, 1.54) is 71.7 Å². The molecule has 109 heavy (non-hydrogen) atoms. The van der Waals surface area contributed by atoms with Gasteiger partial charge in [-0.1, -0.05) is 72.6 Å². The number of halogens is 8. The number of rotatable bonds is 11. The lowest BCUT2D eigenvalue weighted by Gasteiger charge is -2.42. The minimum atomic E-state index is -5.20. The van der Waals surface area contributed by atoms with Gasteiger partial charge in [-0.25, -0.2) is 8.78 Å². The lowest BCUT2D eigenvalue weighted by molar-refractivity contribution is -0.219. The molecule has 616 valence electrons. The van der Waals surface area contributed by atoms with Crippen molar-refractivity contribution in [2.24, 2.45) is 41.4 Å². The second-order valence-corrected chi connectivity index (χ2v) is 33.4. The van der Waals surface area contributed by atoms with Crippen LogP contribution in [0.4, 0.5) is 35.1 Å². The number of hydrogen-bond donors (Lipinski definition) is 3. The van der Waals surface area contributed by atoms with Crippen molar-refractivity contribution in [2.45, 2.75) is 292 Å². The van der Waals surface area contributed by atoms with Crippen molar-refractivity contribution in [3.63, 3.8) is 0 Å². The maximum absolute atomic E-state index is 15.8. The molecule has 12 amide bonds.